The molecule has 0 aromatic heterocycles. The second-order valence-corrected chi connectivity index (χ2v) is 6.22. The fraction of sp³-hybridized carbons (Fsp3) is 0.381. The van der Waals surface area contributed by atoms with Crippen molar-refractivity contribution in [1.82, 2.24) is 10.6 Å². The average Bonchev–Trinajstić information content (AvgIpc) is 2.70. The molecule has 0 aliphatic rings. The van der Waals surface area contributed by atoms with Gasteiger partial charge in [0.05, 0.1) is 6.61 Å². The molecule has 0 spiro atoms. The van der Waals surface area contributed by atoms with E-state index in [1.807, 2.05) is 25.1 Å². The van der Waals surface area contributed by atoms with Crippen LogP contribution in [0.1, 0.15) is 16.7 Å². The van der Waals surface area contributed by atoms with Gasteiger partial charge < -0.3 is 24.8 Å². The van der Waals surface area contributed by atoms with Gasteiger partial charge in [0.25, 0.3) is 0 Å². The number of nitrogens with one attached hydrogen (secondary N) is 2. The highest BCUT2D eigenvalue weighted by molar-refractivity contribution is 14.0. The molecule has 0 heterocycles. The number of halogens is 3. The van der Waals surface area contributed by atoms with Gasteiger partial charge in [-0.1, -0.05) is 30.3 Å². The number of guanidine groups is 1. The van der Waals surface area contributed by atoms with Gasteiger partial charge in [-0.05, 0) is 24.6 Å². The first kappa shape index (κ1) is 25.9. The van der Waals surface area contributed by atoms with Crippen molar-refractivity contribution in [2.24, 2.45) is 4.99 Å². The highest BCUT2D eigenvalue weighted by atomic mass is 127. The number of hydrogen-bond acceptors (Lipinski definition) is 4. The Morgan fingerprint density at radius 2 is 1.67 bits per heavy atom. The lowest BCUT2D eigenvalue weighted by Crippen LogP contribution is -2.36. The van der Waals surface area contributed by atoms with Crippen molar-refractivity contribution in [3.05, 3.63) is 59.2 Å². The number of aryl methyl sites for hydroxylation is 1. The van der Waals surface area contributed by atoms with E-state index in [-0.39, 0.29) is 36.3 Å². The zero-order valence-electron chi connectivity index (χ0n) is 17.3. The van der Waals surface area contributed by atoms with Crippen molar-refractivity contribution in [2.45, 2.75) is 26.6 Å². The Kier molecular flexibility index (Phi) is 12.1. The van der Waals surface area contributed by atoms with E-state index in [1.165, 1.54) is 6.07 Å². The Labute approximate surface area is 193 Å². The summed E-state index contributed by atoms with van der Waals surface area (Å²) in [5.74, 6) is 1.44. The molecule has 6 nitrogen and oxygen atoms in total. The van der Waals surface area contributed by atoms with Crippen LogP contribution in [0.5, 0.6) is 11.5 Å². The first-order valence-electron chi connectivity index (χ1n) is 9.22. The van der Waals surface area contributed by atoms with E-state index >= 15 is 0 Å². The molecule has 0 atom stereocenters. The lowest BCUT2D eigenvalue weighted by atomic mass is 10.1. The summed E-state index contributed by atoms with van der Waals surface area (Å²) < 4.78 is 40.5. The Morgan fingerprint density at radius 3 is 2.30 bits per heavy atom. The largest absolute Gasteiger partial charge is 0.491 e. The summed E-state index contributed by atoms with van der Waals surface area (Å²) in [5, 5.41) is 6.31. The van der Waals surface area contributed by atoms with Crippen molar-refractivity contribution < 1.29 is 23.0 Å². The molecule has 0 saturated carbocycles. The van der Waals surface area contributed by atoms with Crippen LogP contribution in [0, 0.1) is 6.92 Å². The molecule has 2 N–H and O–H groups in total. The maximum Gasteiger partial charge on any atom is 0.387 e. The number of benzene rings is 2. The Morgan fingerprint density at radius 1 is 1.00 bits per heavy atom. The van der Waals surface area contributed by atoms with E-state index in [0.717, 1.165) is 16.9 Å². The van der Waals surface area contributed by atoms with Crippen molar-refractivity contribution in [2.75, 3.05) is 27.4 Å². The molecule has 2 aromatic carbocycles. The molecule has 9 heteroatoms. The topological polar surface area (TPSA) is 64.1 Å². The molecule has 0 saturated heterocycles. The van der Waals surface area contributed by atoms with Crippen molar-refractivity contribution in [1.29, 1.82) is 0 Å². The van der Waals surface area contributed by atoms with E-state index < -0.39 is 6.61 Å². The van der Waals surface area contributed by atoms with Gasteiger partial charge in [0.1, 0.15) is 18.1 Å². The fourth-order valence-electron chi connectivity index (χ4n) is 2.62. The van der Waals surface area contributed by atoms with Gasteiger partial charge >= 0.3 is 6.61 Å². The maximum absolute atomic E-state index is 12.6. The molecule has 0 aliphatic heterocycles. The van der Waals surface area contributed by atoms with E-state index in [9.17, 15) is 8.78 Å². The zero-order valence-corrected chi connectivity index (χ0v) is 19.6. The number of rotatable bonds is 10. The molecule has 2 rings (SSSR count). The number of aliphatic imine (C=N–C) groups is 1. The Hall–Kier alpha value is -2.14. The van der Waals surface area contributed by atoms with E-state index in [2.05, 4.69) is 20.4 Å². The molecule has 0 aliphatic carbocycles. The molecule has 2 aromatic rings. The molecular weight excluding hydrogens is 507 g/mol. The smallest absolute Gasteiger partial charge is 0.387 e. The number of methoxy groups -OCH3 is 1. The average molecular weight is 535 g/mol. The summed E-state index contributed by atoms with van der Waals surface area (Å²) in [6, 6.07) is 12.6. The second kappa shape index (κ2) is 14.0. The minimum Gasteiger partial charge on any atom is -0.491 e. The van der Waals surface area contributed by atoms with Gasteiger partial charge in [0, 0.05) is 38.4 Å². The summed E-state index contributed by atoms with van der Waals surface area (Å²) in [4.78, 5) is 4.18. The van der Waals surface area contributed by atoms with Gasteiger partial charge in [-0.15, -0.1) is 24.0 Å². The molecule has 0 radical (unpaired) electrons. The highest BCUT2D eigenvalue weighted by Crippen LogP contribution is 2.21. The predicted molar refractivity (Wildman–Crippen MR) is 124 cm³/mol. The Bertz CT molecular complexity index is 807. The van der Waals surface area contributed by atoms with Gasteiger partial charge in [0.2, 0.25) is 0 Å². The molecule has 0 fully saturated rings. The maximum atomic E-state index is 12.6. The quantitative estimate of drug-likeness (QED) is 0.208. The number of nitrogens with zero attached hydrogens (tertiary/aromatic N) is 1. The molecule has 0 bridgehead atoms. The van der Waals surface area contributed by atoms with Crippen molar-refractivity contribution in [3.8, 4) is 11.5 Å². The lowest BCUT2D eigenvalue weighted by Gasteiger charge is -2.16. The molecule has 0 unspecified atom stereocenters. The number of ether oxygens (including phenoxy) is 3. The number of para-hydroxylation sites is 1. The third-order valence-electron chi connectivity index (χ3n) is 4.07. The zero-order chi connectivity index (χ0) is 21.1. The minimum absolute atomic E-state index is 0. The summed E-state index contributed by atoms with van der Waals surface area (Å²) in [7, 11) is 3.27. The van der Waals surface area contributed by atoms with Crippen LogP contribution in [-0.2, 0) is 17.8 Å². The Balaban J connectivity index is 0.00000450. The van der Waals surface area contributed by atoms with Crippen LogP contribution in [0.2, 0.25) is 0 Å². The predicted octanol–water partition coefficient (Wildman–Crippen LogP) is 4.10. The molecular formula is C21H28F2IN3O3. The summed E-state index contributed by atoms with van der Waals surface area (Å²) >= 11 is 0. The summed E-state index contributed by atoms with van der Waals surface area (Å²) in [5.41, 5.74) is 2.67. The van der Waals surface area contributed by atoms with Gasteiger partial charge in [-0.2, -0.15) is 8.78 Å². The minimum atomic E-state index is -2.87. The van der Waals surface area contributed by atoms with Crippen LogP contribution in [0.25, 0.3) is 0 Å². The van der Waals surface area contributed by atoms with Crippen LogP contribution in [0.3, 0.4) is 0 Å². The normalized spacial score (nSPS) is 11.1. The first-order chi connectivity index (χ1) is 14.0. The third kappa shape index (κ3) is 8.70. The van der Waals surface area contributed by atoms with Gasteiger partial charge in [0.15, 0.2) is 5.96 Å². The van der Waals surface area contributed by atoms with Gasteiger partial charge in [-0.25, -0.2) is 0 Å². The molecule has 30 heavy (non-hydrogen) atoms. The second-order valence-electron chi connectivity index (χ2n) is 6.22. The third-order valence-corrected chi connectivity index (χ3v) is 4.07. The van der Waals surface area contributed by atoms with E-state index in [4.69, 9.17) is 9.47 Å². The molecule has 0 amide bonds. The number of alkyl halides is 2. The number of hydrogen-bond donors (Lipinski definition) is 2. The van der Waals surface area contributed by atoms with Crippen LogP contribution >= 0.6 is 24.0 Å². The van der Waals surface area contributed by atoms with E-state index in [1.54, 1.807) is 32.4 Å². The van der Waals surface area contributed by atoms with Crippen LogP contribution in [-0.4, -0.2) is 39.9 Å². The van der Waals surface area contributed by atoms with Crippen molar-refractivity contribution in [3.63, 3.8) is 0 Å². The van der Waals surface area contributed by atoms with Crippen LogP contribution in [0.15, 0.2) is 47.5 Å². The van der Waals surface area contributed by atoms with Crippen LogP contribution in [0.4, 0.5) is 8.78 Å². The van der Waals surface area contributed by atoms with Crippen LogP contribution < -0.4 is 20.1 Å². The highest BCUT2D eigenvalue weighted by Gasteiger charge is 2.10. The van der Waals surface area contributed by atoms with Gasteiger partial charge in [-0.3, -0.25) is 4.99 Å². The SMILES string of the molecule is CN=C(NCc1ccc(C)cc1OCCOC)NCc1ccccc1OC(F)F.I. The first-order valence-corrected chi connectivity index (χ1v) is 9.22. The molecule has 166 valence electrons. The van der Waals surface area contributed by atoms with Crippen molar-refractivity contribution >= 4 is 29.9 Å². The lowest BCUT2D eigenvalue weighted by molar-refractivity contribution is -0.0504. The summed E-state index contributed by atoms with van der Waals surface area (Å²) in [6.07, 6.45) is 0. The fourth-order valence-corrected chi connectivity index (χ4v) is 2.62. The standard InChI is InChI=1S/C21H27F2N3O3.HI/c1-15-8-9-17(19(12-15)28-11-10-27-3)14-26-21(24-2)25-13-16-6-4-5-7-18(16)29-20(22)23;/h4-9,12,20H,10-11,13-14H2,1-3H3,(H2,24,25,26);1H. The van der Waals surface area contributed by atoms with E-state index in [0.29, 0.717) is 31.3 Å². The monoisotopic (exact) mass is 535 g/mol. The summed E-state index contributed by atoms with van der Waals surface area (Å²) in [6.45, 7) is 0.863.